The topological polar surface area (TPSA) is 53.5 Å². The Hall–Kier alpha value is -2.48. The van der Waals surface area contributed by atoms with Gasteiger partial charge in [0, 0.05) is 42.2 Å². The summed E-state index contributed by atoms with van der Waals surface area (Å²) in [5.74, 6) is 0.518. The lowest BCUT2D eigenvalue weighted by atomic mass is 9.91. The first-order chi connectivity index (χ1) is 17.9. The quantitative estimate of drug-likeness (QED) is 0.452. The molecule has 3 aliphatic heterocycles. The summed E-state index contributed by atoms with van der Waals surface area (Å²) < 4.78 is 22.6. The summed E-state index contributed by atoms with van der Waals surface area (Å²) in [5.41, 5.74) is 2.52. The summed E-state index contributed by atoms with van der Waals surface area (Å²) in [7, 11) is 2.12. The molecule has 1 N–H and O–H groups in total. The standard InChI is InChI=1S/C29H35ClFN5O/c1-17(2)21-8-4-5-9-22(21)25-24(30)13-23-27(26(25)31)33-29(37-16-20-7-6-12-35(20)3)34-28(23)36-14-18-10-11-19(15-36)32-18/h4-5,8-9,13,17-20,32H,6-7,10-12,14-16H2,1-3H3/t18-,19-,20-/m0/s1. The molecule has 6 rings (SSSR count). The average molecular weight is 524 g/mol. The molecule has 0 unspecified atom stereocenters. The smallest absolute Gasteiger partial charge is 0.319 e. The summed E-state index contributed by atoms with van der Waals surface area (Å²) >= 11 is 6.84. The molecule has 0 saturated carbocycles. The molecule has 2 bridgehead atoms. The zero-order chi connectivity index (χ0) is 25.7. The lowest BCUT2D eigenvalue weighted by Gasteiger charge is -2.34. The zero-order valence-electron chi connectivity index (χ0n) is 21.8. The van der Waals surface area contributed by atoms with Gasteiger partial charge in [0.15, 0.2) is 5.82 Å². The van der Waals surface area contributed by atoms with Gasteiger partial charge in [-0.3, -0.25) is 0 Å². The number of hydrogen-bond acceptors (Lipinski definition) is 6. The molecule has 3 aromatic rings. The van der Waals surface area contributed by atoms with Crippen LogP contribution in [-0.4, -0.2) is 66.3 Å². The van der Waals surface area contributed by atoms with E-state index in [0.29, 0.717) is 46.5 Å². The van der Waals surface area contributed by atoms with E-state index >= 15 is 4.39 Å². The summed E-state index contributed by atoms with van der Waals surface area (Å²) in [6.45, 7) is 7.42. The molecule has 3 saturated heterocycles. The largest absolute Gasteiger partial charge is 0.462 e. The summed E-state index contributed by atoms with van der Waals surface area (Å²) in [6, 6.07) is 11.1. The van der Waals surface area contributed by atoms with Crippen molar-refractivity contribution in [1.29, 1.82) is 0 Å². The molecule has 4 heterocycles. The number of nitrogens with one attached hydrogen (secondary N) is 1. The second kappa shape index (κ2) is 10.0. The van der Waals surface area contributed by atoms with Crippen LogP contribution in [0, 0.1) is 5.82 Å². The highest BCUT2D eigenvalue weighted by Gasteiger charge is 2.34. The lowest BCUT2D eigenvalue weighted by Crippen LogP contribution is -2.51. The molecule has 196 valence electrons. The van der Waals surface area contributed by atoms with Crippen LogP contribution in [0.2, 0.25) is 5.02 Å². The van der Waals surface area contributed by atoms with E-state index in [1.807, 2.05) is 30.3 Å². The fourth-order valence-electron chi connectivity index (χ4n) is 6.27. The maximum absolute atomic E-state index is 16.5. The van der Waals surface area contributed by atoms with Gasteiger partial charge in [0.25, 0.3) is 0 Å². The lowest BCUT2D eigenvalue weighted by molar-refractivity contribution is 0.188. The Bertz CT molecular complexity index is 1310. The van der Waals surface area contributed by atoms with E-state index < -0.39 is 5.82 Å². The summed E-state index contributed by atoms with van der Waals surface area (Å²) in [4.78, 5) is 14.1. The van der Waals surface area contributed by atoms with Crippen LogP contribution in [0.25, 0.3) is 22.0 Å². The second-order valence-electron chi connectivity index (χ2n) is 11.1. The first kappa shape index (κ1) is 24.8. The van der Waals surface area contributed by atoms with Crippen molar-refractivity contribution in [2.45, 2.75) is 63.6 Å². The molecule has 2 aromatic carbocycles. The van der Waals surface area contributed by atoms with Gasteiger partial charge in [-0.2, -0.15) is 9.97 Å². The molecule has 37 heavy (non-hydrogen) atoms. The van der Waals surface area contributed by atoms with Crippen molar-refractivity contribution in [3.05, 3.63) is 46.7 Å². The Labute approximate surface area is 223 Å². The second-order valence-corrected chi connectivity index (χ2v) is 11.6. The van der Waals surface area contributed by atoms with Crippen LogP contribution in [0.5, 0.6) is 6.01 Å². The van der Waals surface area contributed by atoms with Gasteiger partial charge >= 0.3 is 6.01 Å². The number of halogens is 2. The van der Waals surface area contributed by atoms with Crippen molar-refractivity contribution in [2.24, 2.45) is 0 Å². The molecule has 3 aliphatic rings. The molecule has 8 heteroatoms. The SMILES string of the molecule is CC(C)c1ccccc1-c1c(Cl)cc2c(N3C[C@@H]4CC[C@@H](C3)N4)nc(OC[C@@H]3CCCN3C)nc2c1F. The van der Waals surface area contributed by atoms with Crippen molar-refractivity contribution >= 4 is 28.3 Å². The maximum atomic E-state index is 16.5. The summed E-state index contributed by atoms with van der Waals surface area (Å²) in [6.07, 6.45) is 4.53. The molecule has 0 aliphatic carbocycles. The Kier molecular flexibility index (Phi) is 6.72. The first-order valence-electron chi connectivity index (χ1n) is 13.5. The number of likely N-dealkylation sites (N-methyl/N-ethyl adjacent to an activating group) is 1. The Morgan fingerprint density at radius 2 is 1.89 bits per heavy atom. The molecular formula is C29H35ClFN5O. The van der Waals surface area contributed by atoms with Gasteiger partial charge in [0.2, 0.25) is 0 Å². The van der Waals surface area contributed by atoms with E-state index in [4.69, 9.17) is 21.3 Å². The van der Waals surface area contributed by atoms with Crippen LogP contribution in [0.3, 0.4) is 0 Å². The number of ether oxygens (including phenoxy) is 1. The van der Waals surface area contributed by atoms with Crippen LogP contribution in [0.15, 0.2) is 30.3 Å². The van der Waals surface area contributed by atoms with Gasteiger partial charge in [0.1, 0.15) is 17.9 Å². The minimum absolute atomic E-state index is 0.224. The van der Waals surface area contributed by atoms with Gasteiger partial charge in [-0.25, -0.2) is 4.39 Å². The van der Waals surface area contributed by atoms with Gasteiger partial charge in [-0.1, -0.05) is 49.7 Å². The van der Waals surface area contributed by atoms with Gasteiger partial charge in [0.05, 0.1) is 5.02 Å². The molecule has 0 amide bonds. The fourth-order valence-corrected chi connectivity index (χ4v) is 6.56. The maximum Gasteiger partial charge on any atom is 0.319 e. The van der Waals surface area contributed by atoms with E-state index in [0.717, 1.165) is 56.4 Å². The average Bonchev–Trinajstić information content (AvgIpc) is 3.46. The van der Waals surface area contributed by atoms with Crippen LogP contribution in [0.4, 0.5) is 10.2 Å². The van der Waals surface area contributed by atoms with Crippen LogP contribution in [0.1, 0.15) is 51.0 Å². The van der Waals surface area contributed by atoms with Crippen molar-refractivity contribution in [2.75, 3.05) is 38.2 Å². The predicted octanol–water partition coefficient (Wildman–Crippen LogP) is 5.63. The molecular weight excluding hydrogens is 489 g/mol. The van der Waals surface area contributed by atoms with Crippen molar-refractivity contribution in [3.8, 4) is 17.1 Å². The van der Waals surface area contributed by atoms with Crippen LogP contribution < -0.4 is 15.0 Å². The van der Waals surface area contributed by atoms with Crippen molar-refractivity contribution in [1.82, 2.24) is 20.2 Å². The van der Waals surface area contributed by atoms with Crippen LogP contribution in [-0.2, 0) is 0 Å². The van der Waals surface area contributed by atoms with Crippen molar-refractivity contribution < 1.29 is 9.13 Å². The molecule has 0 spiro atoms. The molecule has 3 atom stereocenters. The normalized spacial score (nSPS) is 23.9. The van der Waals surface area contributed by atoms with Crippen LogP contribution >= 0.6 is 11.6 Å². The third kappa shape index (κ3) is 4.66. The highest BCUT2D eigenvalue weighted by molar-refractivity contribution is 6.34. The van der Waals surface area contributed by atoms with E-state index in [2.05, 4.69) is 41.0 Å². The van der Waals surface area contributed by atoms with Gasteiger partial charge in [-0.05, 0) is 62.4 Å². The monoisotopic (exact) mass is 523 g/mol. The number of piperazine rings is 1. The highest BCUT2D eigenvalue weighted by Crippen LogP contribution is 2.41. The minimum atomic E-state index is -0.416. The predicted molar refractivity (Wildman–Crippen MR) is 147 cm³/mol. The number of anilines is 1. The number of benzene rings is 2. The van der Waals surface area contributed by atoms with E-state index in [1.54, 1.807) is 0 Å². The van der Waals surface area contributed by atoms with Crippen molar-refractivity contribution in [3.63, 3.8) is 0 Å². The van der Waals surface area contributed by atoms with E-state index in [9.17, 15) is 0 Å². The van der Waals surface area contributed by atoms with Gasteiger partial charge < -0.3 is 19.9 Å². The van der Waals surface area contributed by atoms with Gasteiger partial charge in [-0.15, -0.1) is 0 Å². The number of likely N-dealkylation sites (tertiary alicyclic amines) is 1. The Morgan fingerprint density at radius 1 is 1.14 bits per heavy atom. The Balaban J connectivity index is 1.48. The Morgan fingerprint density at radius 3 is 2.59 bits per heavy atom. The minimum Gasteiger partial charge on any atom is -0.462 e. The zero-order valence-corrected chi connectivity index (χ0v) is 22.6. The number of hydrogen-bond donors (Lipinski definition) is 1. The third-order valence-electron chi connectivity index (χ3n) is 8.29. The molecule has 0 radical (unpaired) electrons. The van der Waals surface area contributed by atoms with E-state index in [1.165, 1.54) is 0 Å². The molecule has 6 nitrogen and oxygen atoms in total. The molecule has 1 aromatic heterocycles. The third-order valence-corrected chi connectivity index (χ3v) is 8.58. The number of nitrogens with zero attached hydrogens (tertiary/aromatic N) is 4. The van der Waals surface area contributed by atoms with E-state index in [-0.39, 0.29) is 17.4 Å². The first-order valence-corrected chi connectivity index (χ1v) is 13.9. The molecule has 3 fully saturated rings. The fraction of sp³-hybridized carbons (Fsp3) is 0.517. The number of fused-ring (bicyclic) bond motifs is 3. The highest BCUT2D eigenvalue weighted by atomic mass is 35.5. The number of rotatable bonds is 6. The number of aromatic nitrogens is 2. The summed E-state index contributed by atoms with van der Waals surface area (Å²) in [5, 5.41) is 4.68.